The summed E-state index contributed by atoms with van der Waals surface area (Å²) >= 11 is 7.26. The predicted molar refractivity (Wildman–Crippen MR) is 194 cm³/mol. The van der Waals surface area contributed by atoms with Crippen LogP contribution in [0.25, 0.3) is 11.0 Å². The number of aromatic amines is 2. The number of nitrogens with two attached hydrogens (primary N) is 2. The molecule has 0 saturated heterocycles. The molecule has 0 bridgehead atoms. The minimum atomic E-state index is -0.611. The zero-order valence-corrected chi connectivity index (χ0v) is 28.8. The van der Waals surface area contributed by atoms with Crippen LogP contribution in [-0.2, 0) is 38.8 Å². The number of nitrogen functional groups attached to an aromatic ring is 2. The van der Waals surface area contributed by atoms with Crippen LogP contribution in [0.5, 0.6) is 0 Å². The van der Waals surface area contributed by atoms with Crippen molar-refractivity contribution in [3.63, 3.8) is 0 Å². The number of rotatable bonds is 6. The maximum atomic E-state index is 11.7. The van der Waals surface area contributed by atoms with Gasteiger partial charge in [-0.3, -0.25) is 19.4 Å². The summed E-state index contributed by atoms with van der Waals surface area (Å²) in [5.74, 6) is 0. The minimum absolute atomic E-state index is 0.594. The molecule has 0 saturated carbocycles. The first kappa shape index (κ1) is 32.2. The third-order valence-electron chi connectivity index (χ3n) is 9.00. The van der Waals surface area contributed by atoms with Crippen molar-refractivity contribution in [1.29, 1.82) is 0 Å². The Morgan fingerprint density at radius 2 is 1.15 bits per heavy atom. The number of H-pyrrole nitrogens is 2. The van der Waals surface area contributed by atoms with Crippen molar-refractivity contribution >= 4 is 54.3 Å². The van der Waals surface area contributed by atoms with Gasteiger partial charge in [0.15, 0.2) is 0 Å². The Labute approximate surface area is 285 Å². The molecule has 6 N–H and O–H groups in total. The normalized spacial score (nSPS) is 14.7. The molecule has 0 spiro atoms. The molecule has 2 aliphatic rings. The summed E-state index contributed by atoms with van der Waals surface area (Å²) in [5, 5.41) is 0. The van der Waals surface area contributed by atoms with E-state index >= 15 is 0 Å². The van der Waals surface area contributed by atoms with Crippen molar-refractivity contribution in [2.24, 2.45) is 0 Å². The second-order valence-electron chi connectivity index (χ2n) is 12.0. The molecule has 0 amide bonds. The van der Waals surface area contributed by atoms with Gasteiger partial charge in [-0.05, 0) is 71.2 Å². The molecule has 5 aromatic rings. The van der Waals surface area contributed by atoms with Gasteiger partial charge >= 0.3 is 11.1 Å². The Morgan fingerprint density at radius 3 is 1.74 bits per heavy atom. The monoisotopic (exact) mass is 744 g/mol. The number of halogens is 2. The SMILES string of the molecule is Nc1cc(Br)c2c(c1N)CCN(CCc1ccccc1)C2.O=c1[nH]c2cc(Br)c3c(c2[nH]c1=O)CCN(CCc1ccccc1)C3. The van der Waals surface area contributed by atoms with E-state index in [0.29, 0.717) is 11.2 Å². The van der Waals surface area contributed by atoms with Crippen LogP contribution in [0.15, 0.2) is 91.3 Å². The van der Waals surface area contributed by atoms with Gasteiger partial charge in [0.1, 0.15) is 0 Å². The lowest BCUT2D eigenvalue weighted by Gasteiger charge is -2.30. The Balaban J connectivity index is 0.000000164. The second-order valence-corrected chi connectivity index (χ2v) is 13.7. The van der Waals surface area contributed by atoms with Crippen LogP contribution in [0.4, 0.5) is 11.4 Å². The van der Waals surface area contributed by atoms with Crippen molar-refractivity contribution in [2.75, 3.05) is 37.6 Å². The van der Waals surface area contributed by atoms with Gasteiger partial charge in [0.2, 0.25) is 0 Å². The summed E-state index contributed by atoms with van der Waals surface area (Å²) in [6.07, 6.45) is 3.92. The number of nitrogens with one attached hydrogen (secondary N) is 2. The van der Waals surface area contributed by atoms with Gasteiger partial charge in [-0.2, -0.15) is 0 Å². The molecule has 0 unspecified atom stereocenters. The third kappa shape index (κ3) is 7.31. The van der Waals surface area contributed by atoms with Crippen molar-refractivity contribution < 1.29 is 0 Å². The molecule has 0 atom stereocenters. The van der Waals surface area contributed by atoms with Crippen molar-refractivity contribution in [3.05, 3.63) is 136 Å². The first-order valence-electron chi connectivity index (χ1n) is 15.6. The van der Waals surface area contributed by atoms with E-state index in [9.17, 15) is 9.59 Å². The highest BCUT2D eigenvalue weighted by Gasteiger charge is 2.23. The van der Waals surface area contributed by atoms with Gasteiger partial charge in [-0.1, -0.05) is 92.5 Å². The van der Waals surface area contributed by atoms with E-state index in [2.05, 4.69) is 106 Å². The Morgan fingerprint density at radius 1 is 0.652 bits per heavy atom. The molecule has 46 heavy (non-hydrogen) atoms. The van der Waals surface area contributed by atoms with E-state index in [-0.39, 0.29) is 0 Å². The van der Waals surface area contributed by atoms with E-state index < -0.39 is 11.1 Å². The molecule has 4 aromatic carbocycles. The smallest absolute Gasteiger partial charge is 0.314 e. The van der Waals surface area contributed by atoms with Crippen molar-refractivity contribution in [2.45, 2.75) is 38.8 Å². The van der Waals surface area contributed by atoms with E-state index in [0.717, 1.165) is 90.7 Å². The van der Waals surface area contributed by atoms with E-state index in [1.54, 1.807) is 0 Å². The van der Waals surface area contributed by atoms with Crippen LogP contribution in [0.1, 0.15) is 33.4 Å². The minimum Gasteiger partial charge on any atom is -0.397 e. The van der Waals surface area contributed by atoms with Gasteiger partial charge in [0.05, 0.1) is 22.4 Å². The summed E-state index contributed by atoms with van der Waals surface area (Å²) in [7, 11) is 0. The summed E-state index contributed by atoms with van der Waals surface area (Å²) < 4.78 is 2.05. The fourth-order valence-electron chi connectivity index (χ4n) is 6.41. The summed E-state index contributed by atoms with van der Waals surface area (Å²) in [5.41, 5.74) is 21.3. The number of hydrogen-bond acceptors (Lipinski definition) is 6. The first-order valence-corrected chi connectivity index (χ1v) is 17.2. The van der Waals surface area contributed by atoms with E-state index in [1.165, 1.54) is 27.8 Å². The lowest BCUT2D eigenvalue weighted by atomic mass is 9.96. The lowest BCUT2D eigenvalue weighted by molar-refractivity contribution is 0.257. The molecular weight excluding hydrogens is 708 g/mol. The predicted octanol–water partition coefficient (Wildman–Crippen LogP) is 5.79. The fourth-order valence-corrected chi connectivity index (χ4v) is 7.62. The molecule has 0 fully saturated rings. The van der Waals surface area contributed by atoms with Crippen LogP contribution in [-0.4, -0.2) is 45.9 Å². The molecule has 3 heterocycles. The van der Waals surface area contributed by atoms with E-state index in [4.69, 9.17) is 11.5 Å². The average molecular weight is 747 g/mol. The highest BCUT2D eigenvalue weighted by Crippen LogP contribution is 2.35. The maximum absolute atomic E-state index is 11.7. The number of anilines is 2. The van der Waals surface area contributed by atoms with Crippen LogP contribution in [0.2, 0.25) is 0 Å². The largest absolute Gasteiger partial charge is 0.397 e. The molecule has 238 valence electrons. The van der Waals surface area contributed by atoms with Gasteiger partial charge in [0, 0.05) is 48.2 Å². The second kappa shape index (κ2) is 14.4. The first-order chi connectivity index (χ1) is 22.3. The zero-order chi connectivity index (χ0) is 32.2. The lowest BCUT2D eigenvalue weighted by Crippen LogP contribution is -2.34. The molecule has 8 nitrogen and oxygen atoms in total. The fraction of sp³-hybridized carbons (Fsp3) is 0.278. The Hall–Kier alpha value is -3.70. The molecule has 7 rings (SSSR count). The highest BCUT2D eigenvalue weighted by atomic mass is 79.9. The average Bonchev–Trinajstić information content (AvgIpc) is 3.07. The summed E-state index contributed by atoms with van der Waals surface area (Å²) in [4.78, 5) is 33.6. The van der Waals surface area contributed by atoms with Crippen LogP contribution in [0.3, 0.4) is 0 Å². The Kier molecular flexibility index (Phi) is 10.1. The number of benzene rings is 4. The van der Waals surface area contributed by atoms with Gasteiger partial charge in [-0.15, -0.1) is 0 Å². The van der Waals surface area contributed by atoms with Crippen LogP contribution in [0, 0.1) is 0 Å². The molecule has 1 aromatic heterocycles. The zero-order valence-electron chi connectivity index (χ0n) is 25.6. The van der Waals surface area contributed by atoms with Crippen molar-refractivity contribution in [1.82, 2.24) is 19.8 Å². The van der Waals surface area contributed by atoms with Gasteiger partial charge < -0.3 is 21.4 Å². The van der Waals surface area contributed by atoms with E-state index in [1.807, 2.05) is 18.2 Å². The summed E-state index contributed by atoms with van der Waals surface area (Å²) in [6, 6.07) is 24.9. The van der Waals surface area contributed by atoms with Crippen LogP contribution >= 0.6 is 31.9 Å². The number of nitrogens with zero attached hydrogens (tertiary/aromatic N) is 2. The highest BCUT2D eigenvalue weighted by molar-refractivity contribution is 9.10. The summed E-state index contributed by atoms with van der Waals surface area (Å²) in [6.45, 7) is 5.82. The number of aromatic nitrogens is 2. The quantitative estimate of drug-likeness (QED) is 0.129. The molecule has 10 heteroatoms. The number of fused-ring (bicyclic) bond motifs is 4. The molecule has 0 radical (unpaired) electrons. The van der Waals surface area contributed by atoms with Crippen LogP contribution < -0.4 is 22.6 Å². The maximum Gasteiger partial charge on any atom is 0.314 e. The van der Waals surface area contributed by atoms with Gasteiger partial charge in [0.25, 0.3) is 0 Å². The standard InChI is InChI=1S/C19H18BrN3O2.C17H20BrN3/c20-15-10-16-17(22-19(25)18(24)21-16)13-7-9-23(11-14(13)15)8-6-12-4-2-1-3-5-12;18-15-10-16(19)17(20)13-7-9-21(11-14(13)15)8-6-12-4-2-1-3-5-12/h1-5,10H,6-9,11H2,(H,21,24)(H,22,25);1-5,10H,6-9,11,19-20H2. The third-order valence-corrected chi connectivity index (χ3v) is 10.4. The molecule has 2 aliphatic heterocycles. The Bertz CT molecular complexity index is 1960. The molecular formula is C36H38Br2N6O2. The number of hydrogen-bond donors (Lipinski definition) is 4. The van der Waals surface area contributed by atoms with Crippen molar-refractivity contribution in [3.8, 4) is 0 Å². The van der Waals surface area contributed by atoms with Gasteiger partial charge in [-0.25, -0.2) is 0 Å². The topological polar surface area (TPSA) is 124 Å². The molecule has 0 aliphatic carbocycles.